The molecule has 1 atom stereocenters. The summed E-state index contributed by atoms with van der Waals surface area (Å²) in [5.41, 5.74) is -0.269. The summed E-state index contributed by atoms with van der Waals surface area (Å²) < 4.78 is 5.43. The lowest BCUT2D eigenvalue weighted by atomic mass is 10.2. The second-order valence-electron chi connectivity index (χ2n) is 3.19. The monoisotopic (exact) mass is 160 g/mol. The van der Waals surface area contributed by atoms with Gasteiger partial charge in [0.25, 0.3) is 0 Å². The van der Waals surface area contributed by atoms with E-state index in [2.05, 4.69) is 6.58 Å². The molecule has 0 saturated carbocycles. The molecule has 10 heavy (non-hydrogen) atoms. The van der Waals surface area contributed by atoms with Crippen LogP contribution in [0.2, 0.25) is 0 Å². The first kappa shape index (κ1) is 9.88. The Hall–Kier alpha value is -0.123. The first-order chi connectivity index (χ1) is 4.49. The lowest BCUT2D eigenvalue weighted by Crippen LogP contribution is -2.29. The molecule has 0 radical (unpaired) electrons. The van der Waals surface area contributed by atoms with Crippen molar-refractivity contribution in [3.63, 3.8) is 0 Å². The van der Waals surface area contributed by atoms with Crippen LogP contribution in [0.25, 0.3) is 0 Å². The number of rotatable bonds is 3. The molecule has 0 bridgehead atoms. The van der Waals surface area contributed by atoms with Crippen LogP contribution >= 0.6 is 0 Å². The summed E-state index contributed by atoms with van der Waals surface area (Å²) in [7, 11) is -1.09. The molecule has 0 aromatic heterocycles. The van der Waals surface area contributed by atoms with Crippen LogP contribution in [0.3, 0.4) is 0 Å². The molecule has 60 valence electrons. The van der Waals surface area contributed by atoms with Gasteiger partial charge in [0, 0.05) is 0 Å². The van der Waals surface area contributed by atoms with Crippen molar-refractivity contribution < 1.29 is 9.53 Å². The van der Waals surface area contributed by atoms with Crippen LogP contribution in [0.5, 0.6) is 0 Å². The van der Waals surface area contributed by atoms with E-state index in [4.69, 9.17) is 9.53 Å². The Labute approximate surface area is 64.8 Å². The zero-order valence-corrected chi connectivity index (χ0v) is 8.34. The third-order valence-corrected chi connectivity index (χ3v) is 1.81. The summed E-state index contributed by atoms with van der Waals surface area (Å²) in [5, 5.41) is 0. The molecule has 0 aromatic rings. The van der Waals surface area contributed by atoms with Gasteiger partial charge >= 0.3 is 0 Å². The molecule has 3 heteroatoms. The van der Waals surface area contributed by atoms with Crippen molar-refractivity contribution in [3.05, 3.63) is 12.7 Å². The van der Waals surface area contributed by atoms with Crippen LogP contribution < -0.4 is 0 Å². The fourth-order valence-corrected chi connectivity index (χ4v) is 1.34. The van der Waals surface area contributed by atoms with Crippen molar-refractivity contribution in [1.82, 2.24) is 0 Å². The molecule has 0 aliphatic rings. The second kappa shape index (κ2) is 3.90. The zero-order valence-electron chi connectivity index (χ0n) is 6.92. The molecule has 0 heterocycles. The summed E-state index contributed by atoms with van der Waals surface area (Å²) >= 11 is 0. The van der Waals surface area contributed by atoms with Gasteiger partial charge in [-0.1, -0.05) is 6.08 Å². The van der Waals surface area contributed by atoms with E-state index in [0.717, 1.165) is 0 Å². The standard InChI is InChI=1S/C7H16O2Si/c1-5-6(10-8)9-7(2,3)4/h5-6,8H,1,10H2,2-4H3. The SMILES string of the molecule is C=CC(OC(C)(C)C)[SiH2]O. The zero-order chi connectivity index (χ0) is 8.20. The lowest BCUT2D eigenvalue weighted by molar-refractivity contribution is -0.00913. The van der Waals surface area contributed by atoms with Gasteiger partial charge in [0.2, 0.25) is 0 Å². The van der Waals surface area contributed by atoms with Gasteiger partial charge in [-0.15, -0.1) is 6.58 Å². The van der Waals surface area contributed by atoms with Crippen LogP contribution in [-0.4, -0.2) is 25.9 Å². The normalized spacial score (nSPS) is 16.0. The van der Waals surface area contributed by atoms with Crippen molar-refractivity contribution in [1.29, 1.82) is 0 Å². The van der Waals surface area contributed by atoms with Crippen LogP contribution in [0.1, 0.15) is 20.8 Å². The minimum atomic E-state index is -1.09. The molecule has 0 spiro atoms. The highest BCUT2D eigenvalue weighted by molar-refractivity contribution is 6.28. The Bertz CT molecular complexity index is 107. The van der Waals surface area contributed by atoms with Crippen LogP contribution in [0, 0.1) is 0 Å². The maximum Gasteiger partial charge on any atom is 0.190 e. The fraction of sp³-hybridized carbons (Fsp3) is 0.714. The van der Waals surface area contributed by atoms with Crippen molar-refractivity contribution in [2.75, 3.05) is 0 Å². The third kappa shape index (κ3) is 4.73. The molecule has 0 fully saturated rings. The quantitative estimate of drug-likeness (QED) is 0.478. The molecule has 0 amide bonds. The first-order valence-corrected chi connectivity index (χ1v) is 4.85. The summed E-state index contributed by atoms with van der Waals surface area (Å²) in [4.78, 5) is 8.83. The molecular formula is C7H16O2Si. The summed E-state index contributed by atoms with van der Waals surface area (Å²) in [6, 6.07) is 0. The fourth-order valence-electron chi connectivity index (χ4n) is 0.614. The number of ether oxygens (including phenoxy) is 1. The Morgan fingerprint density at radius 3 is 2.20 bits per heavy atom. The van der Waals surface area contributed by atoms with Crippen LogP contribution in [-0.2, 0) is 4.74 Å². The molecule has 1 N–H and O–H groups in total. The Morgan fingerprint density at radius 2 is 2.10 bits per heavy atom. The van der Waals surface area contributed by atoms with Crippen LogP contribution in [0.4, 0.5) is 0 Å². The van der Waals surface area contributed by atoms with Gasteiger partial charge < -0.3 is 9.53 Å². The highest BCUT2D eigenvalue weighted by Crippen LogP contribution is 2.09. The topological polar surface area (TPSA) is 29.5 Å². The molecule has 0 saturated heterocycles. The van der Waals surface area contributed by atoms with E-state index in [0.29, 0.717) is 0 Å². The predicted octanol–water partition coefficient (Wildman–Crippen LogP) is 0.390. The highest BCUT2D eigenvalue weighted by atomic mass is 28.2. The maximum absolute atomic E-state index is 8.83. The van der Waals surface area contributed by atoms with Gasteiger partial charge in [0.1, 0.15) is 0 Å². The van der Waals surface area contributed by atoms with E-state index in [1.54, 1.807) is 6.08 Å². The van der Waals surface area contributed by atoms with Crippen molar-refractivity contribution in [2.45, 2.75) is 32.1 Å². The Kier molecular flexibility index (Phi) is 3.86. The lowest BCUT2D eigenvalue weighted by Gasteiger charge is -2.23. The van der Waals surface area contributed by atoms with E-state index in [1.165, 1.54) is 0 Å². The van der Waals surface area contributed by atoms with Gasteiger partial charge in [-0.3, -0.25) is 0 Å². The molecule has 1 unspecified atom stereocenters. The highest BCUT2D eigenvalue weighted by Gasteiger charge is 2.15. The third-order valence-electron chi connectivity index (χ3n) is 0.948. The minimum absolute atomic E-state index is 0.0972. The van der Waals surface area contributed by atoms with Gasteiger partial charge in [0.15, 0.2) is 9.76 Å². The molecule has 0 aliphatic carbocycles. The number of hydrogen-bond donors (Lipinski definition) is 1. The van der Waals surface area contributed by atoms with Crippen molar-refractivity contribution in [2.24, 2.45) is 0 Å². The maximum atomic E-state index is 8.83. The second-order valence-corrected chi connectivity index (χ2v) is 4.36. The van der Waals surface area contributed by atoms with E-state index in [1.807, 2.05) is 20.8 Å². The minimum Gasteiger partial charge on any atom is -0.435 e. The summed E-state index contributed by atoms with van der Waals surface area (Å²) in [5.74, 6) is 0. The van der Waals surface area contributed by atoms with E-state index in [-0.39, 0.29) is 11.3 Å². The Balaban J connectivity index is 3.74. The van der Waals surface area contributed by atoms with E-state index >= 15 is 0 Å². The number of hydrogen-bond acceptors (Lipinski definition) is 2. The van der Waals surface area contributed by atoms with E-state index in [9.17, 15) is 0 Å². The van der Waals surface area contributed by atoms with E-state index < -0.39 is 9.76 Å². The summed E-state index contributed by atoms with van der Waals surface area (Å²) in [6.07, 6.45) is 1.66. The molecule has 0 aliphatic heterocycles. The predicted molar refractivity (Wildman–Crippen MR) is 45.6 cm³/mol. The molecule has 0 aromatic carbocycles. The smallest absolute Gasteiger partial charge is 0.190 e. The average molecular weight is 160 g/mol. The van der Waals surface area contributed by atoms with Crippen LogP contribution in [0.15, 0.2) is 12.7 Å². The van der Waals surface area contributed by atoms with Gasteiger partial charge in [0.05, 0.1) is 11.3 Å². The first-order valence-electron chi connectivity index (χ1n) is 3.41. The van der Waals surface area contributed by atoms with Gasteiger partial charge in [-0.2, -0.15) is 0 Å². The molecule has 0 rings (SSSR count). The summed E-state index contributed by atoms with van der Waals surface area (Å²) in [6.45, 7) is 9.46. The largest absolute Gasteiger partial charge is 0.435 e. The van der Waals surface area contributed by atoms with Crippen molar-refractivity contribution >= 4 is 9.76 Å². The molecular weight excluding hydrogens is 144 g/mol. The average Bonchev–Trinajstić information content (AvgIpc) is 1.81. The van der Waals surface area contributed by atoms with Gasteiger partial charge in [-0.25, -0.2) is 0 Å². The van der Waals surface area contributed by atoms with Crippen molar-refractivity contribution in [3.8, 4) is 0 Å². The Morgan fingerprint density at radius 1 is 1.60 bits per heavy atom. The van der Waals surface area contributed by atoms with Gasteiger partial charge in [-0.05, 0) is 20.8 Å². The molecule has 2 nitrogen and oxygen atoms in total.